The molecule has 0 bridgehead atoms. The molecule has 0 N–H and O–H groups in total. The minimum absolute atomic E-state index is 0.0197. The van der Waals surface area contributed by atoms with Crippen LogP contribution in [0.4, 0.5) is 0 Å². The van der Waals surface area contributed by atoms with Gasteiger partial charge in [0.2, 0.25) is 0 Å². The highest BCUT2D eigenvalue weighted by molar-refractivity contribution is 5.94. The van der Waals surface area contributed by atoms with Crippen LogP contribution in [-0.2, 0) is 9.53 Å². The van der Waals surface area contributed by atoms with Crippen molar-refractivity contribution in [3.63, 3.8) is 0 Å². The number of carbonyl (C=O) groups excluding carboxylic acids is 2. The smallest absolute Gasteiger partial charge is 0.309 e. The van der Waals surface area contributed by atoms with Crippen LogP contribution >= 0.6 is 0 Å². The Bertz CT molecular complexity index is 549. The van der Waals surface area contributed by atoms with Crippen LogP contribution in [0.5, 0.6) is 5.75 Å². The van der Waals surface area contributed by atoms with Crippen LogP contribution in [0.25, 0.3) is 0 Å². The summed E-state index contributed by atoms with van der Waals surface area (Å²) in [5.74, 6) is 0.972. The lowest BCUT2D eigenvalue weighted by Crippen LogP contribution is -2.11. The predicted molar refractivity (Wildman–Crippen MR) is 68.3 cm³/mol. The van der Waals surface area contributed by atoms with Crippen molar-refractivity contribution in [3.8, 4) is 5.75 Å². The van der Waals surface area contributed by atoms with Gasteiger partial charge in [-0.15, -0.1) is 0 Å². The summed E-state index contributed by atoms with van der Waals surface area (Å²) < 4.78 is 10.8. The third-order valence-electron chi connectivity index (χ3n) is 3.94. The number of carbonyl (C=O) groups is 2. The first-order valence-corrected chi connectivity index (χ1v) is 6.57. The third-order valence-corrected chi connectivity index (χ3v) is 3.94. The number of hydrogen-bond donors (Lipinski definition) is 0. The van der Waals surface area contributed by atoms with E-state index in [1.165, 1.54) is 6.92 Å². The molecule has 0 spiro atoms. The summed E-state index contributed by atoms with van der Waals surface area (Å²) in [7, 11) is 0. The summed E-state index contributed by atoms with van der Waals surface area (Å²) >= 11 is 0. The van der Waals surface area contributed by atoms with Crippen molar-refractivity contribution in [1.29, 1.82) is 0 Å². The number of fused-ring (bicyclic) bond motifs is 3. The number of rotatable bonds is 3. The normalized spacial score (nSPS) is 26.7. The number of hydrogen-bond acceptors (Lipinski definition) is 4. The molecule has 2 aliphatic rings. The molecule has 19 heavy (non-hydrogen) atoms. The average molecular weight is 260 g/mol. The van der Waals surface area contributed by atoms with Crippen molar-refractivity contribution >= 4 is 11.8 Å². The molecule has 4 nitrogen and oxygen atoms in total. The van der Waals surface area contributed by atoms with Gasteiger partial charge in [-0.05, 0) is 25.5 Å². The number of Topliss-reactive ketones (excluding diaryl/α,β-unsaturated/α-hetero) is 1. The molecular weight excluding hydrogens is 244 g/mol. The molecule has 1 aromatic rings. The highest BCUT2D eigenvalue weighted by Gasteiger charge is 2.59. The predicted octanol–water partition coefficient (Wildman–Crippen LogP) is 2.17. The highest BCUT2D eigenvalue weighted by atomic mass is 16.5. The fourth-order valence-corrected chi connectivity index (χ4v) is 2.90. The van der Waals surface area contributed by atoms with Crippen LogP contribution in [-0.4, -0.2) is 25.0 Å². The Morgan fingerprint density at radius 3 is 2.89 bits per heavy atom. The zero-order valence-corrected chi connectivity index (χ0v) is 11.0. The van der Waals surface area contributed by atoms with Crippen LogP contribution in [0.1, 0.15) is 35.7 Å². The monoisotopic (exact) mass is 260 g/mol. The van der Waals surface area contributed by atoms with Gasteiger partial charge in [-0.2, -0.15) is 0 Å². The molecule has 0 amide bonds. The van der Waals surface area contributed by atoms with Crippen LogP contribution in [0.2, 0.25) is 0 Å². The summed E-state index contributed by atoms with van der Waals surface area (Å²) in [6, 6.07) is 5.48. The lowest BCUT2D eigenvalue weighted by molar-refractivity contribution is -0.145. The standard InChI is InChI=1S/C15H16O4/c1-3-18-15(17)14-11-7-19-12-6-9(8(2)16)4-5-10(12)13(11)14/h4-6,11,13-14H,3,7H2,1-2H3/t11-,13+,14-/m1/s1. The van der Waals surface area contributed by atoms with E-state index in [4.69, 9.17) is 9.47 Å². The molecule has 4 heteroatoms. The summed E-state index contributed by atoms with van der Waals surface area (Å²) in [4.78, 5) is 23.2. The third kappa shape index (κ3) is 1.91. The van der Waals surface area contributed by atoms with Gasteiger partial charge < -0.3 is 9.47 Å². The van der Waals surface area contributed by atoms with Gasteiger partial charge in [0.1, 0.15) is 5.75 Å². The lowest BCUT2D eigenvalue weighted by Gasteiger charge is -2.16. The van der Waals surface area contributed by atoms with Crippen molar-refractivity contribution in [2.75, 3.05) is 13.2 Å². The molecule has 1 heterocycles. The first kappa shape index (κ1) is 12.2. The van der Waals surface area contributed by atoms with Gasteiger partial charge in [-0.3, -0.25) is 9.59 Å². The summed E-state index contributed by atoms with van der Waals surface area (Å²) in [5, 5.41) is 0. The van der Waals surface area contributed by atoms with Gasteiger partial charge in [-0.1, -0.05) is 12.1 Å². The summed E-state index contributed by atoms with van der Waals surface area (Å²) in [5.41, 5.74) is 1.67. The van der Waals surface area contributed by atoms with Crippen molar-refractivity contribution in [2.45, 2.75) is 19.8 Å². The molecule has 1 aliphatic heterocycles. The van der Waals surface area contributed by atoms with Crippen molar-refractivity contribution in [3.05, 3.63) is 29.3 Å². The number of ether oxygens (including phenoxy) is 2. The number of ketones is 1. The van der Waals surface area contributed by atoms with Crippen LogP contribution in [0.15, 0.2) is 18.2 Å². The zero-order valence-electron chi connectivity index (χ0n) is 11.0. The van der Waals surface area contributed by atoms with Crippen molar-refractivity contribution in [2.24, 2.45) is 11.8 Å². The Morgan fingerprint density at radius 1 is 1.42 bits per heavy atom. The zero-order chi connectivity index (χ0) is 13.6. The molecular formula is C15H16O4. The topological polar surface area (TPSA) is 52.6 Å². The van der Waals surface area contributed by atoms with E-state index in [2.05, 4.69) is 0 Å². The molecule has 0 saturated heterocycles. The second-order valence-corrected chi connectivity index (χ2v) is 5.09. The van der Waals surface area contributed by atoms with E-state index in [0.717, 1.165) is 11.3 Å². The van der Waals surface area contributed by atoms with Gasteiger partial charge in [0, 0.05) is 17.4 Å². The maximum Gasteiger partial charge on any atom is 0.309 e. The Kier molecular flexibility index (Phi) is 2.81. The van der Waals surface area contributed by atoms with E-state index in [-0.39, 0.29) is 29.5 Å². The molecule has 0 aromatic heterocycles. The summed E-state index contributed by atoms with van der Waals surface area (Å²) in [6.07, 6.45) is 0. The Balaban J connectivity index is 1.87. The molecule has 0 radical (unpaired) electrons. The first-order valence-electron chi connectivity index (χ1n) is 6.57. The van der Waals surface area contributed by atoms with Gasteiger partial charge in [0.15, 0.2) is 5.78 Å². The first-order chi connectivity index (χ1) is 9.13. The van der Waals surface area contributed by atoms with E-state index < -0.39 is 0 Å². The fourth-order valence-electron chi connectivity index (χ4n) is 2.90. The largest absolute Gasteiger partial charge is 0.493 e. The highest BCUT2D eigenvalue weighted by Crippen LogP contribution is 2.59. The van der Waals surface area contributed by atoms with Crippen LogP contribution in [0, 0.1) is 11.8 Å². The lowest BCUT2D eigenvalue weighted by atomic mass is 10.0. The molecule has 0 unspecified atom stereocenters. The van der Waals surface area contributed by atoms with Gasteiger partial charge in [0.05, 0.1) is 19.1 Å². The van der Waals surface area contributed by atoms with Crippen LogP contribution in [0.3, 0.4) is 0 Å². The molecule has 1 saturated carbocycles. The molecule has 100 valence electrons. The van der Waals surface area contributed by atoms with Gasteiger partial charge in [-0.25, -0.2) is 0 Å². The van der Waals surface area contributed by atoms with E-state index in [9.17, 15) is 9.59 Å². The second kappa shape index (κ2) is 4.37. The second-order valence-electron chi connectivity index (χ2n) is 5.09. The maximum absolute atomic E-state index is 11.8. The maximum atomic E-state index is 11.8. The molecule has 3 rings (SSSR count). The van der Waals surface area contributed by atoms with E-state index in [1.54, 1.807) is 12.1 Å². The quantitative estimate of drug-likeness (QED) is 0.617. The number of benzene rings is 1. The fraction of sp³-hybridized carbons (Fsp3) is 0.467. The molecule has 1 aliphatic carbocycles. The minimum atomic E-state index is -0.135. The molecule has 1 aromatic carbocycles. The van der Waals surface area contributed by atoms with Crippen molar-refractivity contribution in [1.82, 2.24) is 0 Å². The SMILES string of the molecule is CCOC(=O)[C@@H]1[C@@H]2COc3cc(C(C)=O)ccc3[C@@H]21. The van der Waals surface area contributed by atoms with Crippen molar-refractivity contribution < 1.29 is 19.1 Å². The van der Waals surface area contributed by atoms with E-state index in [1.807, 2.05) is 13.0 Å². The molecule has 1 fully saturated rings. The number of esters is 1. The van der Waals surface area contributed by atoms with E-state index in [0.29, 0.717) is 18.8 Å². The Morgan fingerprint density at radius 2 is 2.21 bits per heavy atom. The minimum Gasteiger partial charge on any atom is -0.493 e. The van der Waals surface area contributed by atoms with E-state index >= 15 is 0 Å². The van der Waals surface area contributed by atoms with Gasteiger partial charge in [0.25, 0.3) is 0 Å². The Labute approximate surface area is 111 Å². The average Bonchev–Trinajstić information content (AvgIpc) is 3.13. The molecule has 3 atom stereocenters. The van der Waals surface area contributed by atoms with Gasteiger partial charge >= 0.3 is 5.97 Å². The summed E-state index contributed by atoms with van der Waals surface area (Å²) in [6.45, 7) is 4.29. The van der Waals surface area contributed by atoms with Crippen LogP contribution < -0.4 is 4.74 Å². The Hall–Kier alpha value is -1.84.